The predicted molar refractivity (Wildman–Crippen MR) is 71.3 cm³/mol. The lowest BCUT2D eigenvalue weighted by molar-refractivity contribution is -0.0506. The number of ether oxygens (including phenoxy) is 1. The topological polar surface area (TPSA) is 47.3 Å². The molecule has 2 aromatic rings. The summed E-state index contributed by atoms with van der Waals surface area (Å²) < 4.78 is 29.3. The smallest absolute Gasteiger partial charge is 0.387 e. The third kappa shape index (κ3) is 3.28. The Hall–Kier alpha value is -1.50. The van der Waals surface area contributed by atoms with Crippen molar-refractivity contribution in [3.8, 4) is 5.75 Å². The minimum absolute atomic E-state index is 0.129. The minimum atomic E-state index is -2.86. The van der Waals surface area contributed by atoms with E-state index in [-0.39, 0.29) is 11.8 Å². The van der Waals surface area contributed by atoms with Crippen molar-refractivity contribution < 1.29 is 13.5 Å². The quantitative estimate of drug-likeness (QED) is 0.654. The Morgan fingerprint density at radius 2 is 2.05 bits per heavy atom. The molecule has 1 aromatic heterocycles. The number of halogens is 2. The molecule has 0 aliphatic heterocycles. The van der Waals surface area contributed by atoms with Gasteiger partial charge in [0.15, 0.2) is 0 Å². The molecule has 0 radical (unpaired) electrons. The highest BCUT2D eigenvalue weighted by atomic mass is 32.1. The monoisotopic (exact) mass is 284 g/mol. The molecule has 102 valence electrons. The van der Waals surface area contributed by atoms with Gasteiger partial charge in [-0.05, 0) is 30.0 Å². The molecule has 0 saturated carbocycles. The Balaban J connectivity index is 2.38. The number of nitrogens with one attached hydrogen (secondary N) is 1. The van der Waals surface area contributed by atoms with Crippen molar-refractivity contribution in [1.82, 2.24) is 5.43 Å². The number of hydrazine groups is 1. The van der Waals surface area contributed by atoms with Crippen LogP contribution < -0.4 is 16.0 Å². The predicted octanol–water partition coefficient (Wildman–Crippen LogP) is 3.21. The van der Waals surface area contributed by atoms with Crippen LogP contribution in [0.15, 0.2) is 35.7 Å². The molecule has 1 unspecified atom stereocenters. The lowest BCUT2D eigenvalue weighted by Gasteiger charge is -2.18. The van der Waals surface area contributed by atoms with E-state index in [2.05, 4.69) is 10.2 Å². The molecule has 0 spiro atoms. The molecule has 0 saturated heterocycles. The van der Waals surface area contributed by atoms with Crippen molar-refractivity contribution in [1.29, 1.82) is 0 Å². The summed E-state index contributed by atoms with van der Waals surface area (Å²) in [7, 11) is 0. The first-order chi connectivity index (χ1) is 9.11. The number of para-hydroxylation sites is 1. The molecule has 3 N–H and O–H groups in total. The fraction of sp³-hybridized carbons (Fsp3) is 0.231. The van der Waals surface area contributed by atoms with Gasteiger partial charge in [0.1, 0.15) is 5.75 Å². The molecule has 6 heteroatoms. The van der Waals surface area contributed by atoms with E-state index in [0.717, 1.165) is 10.4 Å². The van der Waals surface area contributed by atoms with Crippen LogP contribution in [-0.4, -0.2) is 6.61 Å². The zero-order valence-corrected chi connectivity index (χ0v) is 11.1. The molecular formula is C13H14F2N2OS. The summed E-state index contributed by atoms with van der Waals surface area (Å²) >= 11 is 1.58. The van der Waals surface area contributed by atoms with E-state index < -0.39 is 6.61 Å². The van der Waals surface area contributed by atoms with Gasteiger partial charge in [-0.1, -0.05) is 18.2 Å². The molecule has 0 bridgehead atoms. The highest BCUT2D eigenvalue weighted by Gasteiger charge is 2.19. The van der Waals surface area contributed by atoms with Crippen LogP contribution in [0.4, 0.5) is 8.78 Å². The summed E-state index contributed by atoms with van der Waals surface area (Å²) in [5, 5.41) is 1.94. The van der Waals surface area contributed by atoms with Crippen molar-refractivity contribution >= 4 is 11.3 Å². The van der Waals surface area contributed by atoms with Gasteiger partial charge >= 0.3 is 6.61 Å². The van der Waals surface area contributed by atoms with E-state index in [1.165, 1.54) is 6.07 Å². The maximum Gasteiger partial charge on any atom is 0.387 e. The zero-order chi connectivity index (χ0) is 13.8. The van der Waals surface area contributed by atoms with E-state index >= 15 is 0 Å². The first-order valence-corrected chi connectivity index (χ1v) is 6.54. The standard InChI is InChI=1S/C13H14F2N2OS/c1-8-6-9(7-19-8)12(17-16)10-4-2-3-5-11(10)18-13(14)15/h2-7,12-13,17H,16H2,1H3. The maximum atomic E-state index is 12.4. The van der Waals surface area contributed by atoms with Crippen molar-refractivity contribution in [2.75, 3.05) is 0 Å². The molecule has 0 aliphatic rings. The molecule has 1 atom stereocenters. The van der Waals surface area contributed by atoms with E-state index in [1.807, 2.05) is 18.4 Å². The number of alkyl halides is 2. The Morgan fingerprint density at radius 3 is 2.63 bits per heavy atom. The van der Waals surface area contributed by atoms with Gasteiger partial charge < -0.3 is 4.74 Å². The lowest BCUT2D eigenvalue weighted by Crippen LogP contribution is -2.29. The first-order valence-electron chi connectivity index (χ1n) is 5.66. The summed E-state index contributed by atoms with van der Waals surface area (Å²) in [6.07, 6.45) is 0. The largest absolute Gasteiger partial charge is 0.434 e. The highest BCUT2D eigenvalue weighted by Crippen LogP contribution is 2.32. The third-order valence-corrected chi connectivity index (χ3v) is 3.58. The van der Waals surface area contributed by atoms with Gasteiger partial charge in [-0.25, -0.2) is 5.43 Å². The molecule has 0 fully saturated rings. The number of nitrogens with two attached hydrogens (primary N) is 1. The van der Waals surface area contributed by atoms with E-state index in [4.69, 9.17) is 5.84 Å². The van der Waals surface area contributed by atoms with Gasteiger partial charge in [-0.15, -0.1) is 11.3 Å². The molecule has 3 nitrogen and oxygen atoms in total. The Morgan fingerprint density at radius 1 is 1.32 bits per heavy atom. The minimum Gasteiger partial charge on any atom is -0.434 e. The van der Waals surface area contributed by atoms with Gasteiger partial charge in [-0.2, -0.15) is 8.78 Å². The van der Waals surface area contributed by atoms with Crippen molar-refractivity contribution in [3.05, 3.63) is 51.7 Å². The lowest BCUT2D eigenvalue weighted by atomic mass is 10.0. The number of benzene rings is 1. The van der Waals surface area contributed by atoms with Crippen LogP contribution in [0.1, 0.15) is 22.0 Å². The number of thiophene rings is 1. The second-order valence-electron chi connectivity index (χ2n) is 4.01. The summed E-state index contributed by atoms with van der Waals surface area (Å²) in [5.41, 5.74) is 4.16. The fourth-order valence-corrected chi connectivity index (χ4v) is 2.63. The second-order valence-corrected chi connectivity index (χ2v) is 5.12. The molecule has 0 aliphatic carbocycles. The van der Waals surface area contributed by atoms with Gasteiger partial charge in [0.2, 0.25) is 0 Å². The molecule has 1 aromatic carbocycles. The normalized spacial score (nSPS) is 12.7. The Bertz CT molecular complexity index is 545. The van der Waals surface area contributed by atoms with Gasteiger partial charge in [0, 0.05) is 10.4 Å². The van der Waals surface area contributed by atoms with Crippen LogP contribution in [0.25, 0.3) is 0 Å². The summed E-state index contributed by atoms with van der Waals surface area (Å²) in [6, 6.07) is 8.22. The number of hydrogen-bond acceptors (Lipinski definition) is 4. The SMILES string of the molecule is Cc1cc(C(NN)c2ccccc2OC(F)F)cs1. The molecule has 2 rings (SSSR count). The Labute approximate surface area is 114 Å². The first kappa shape index (κ1) is 13.9. The number of hydrogen-bond donors (Lipinski definition) is 2. The fourth-order valence-electron chi connectivity index (χ4n) is 1.90. The summed E-state index contributed by atoms with van der Waals surface area (Å²) in [6.45, 7) is -0.882. The van der Waals surface area contributed by atoms with E-state index in [1.54, 1.807) is 29.5 Å². The van der Waals surface area contributed by atoms with E-state index in [9.17, 15) is 8.78 Å². The van der Waals surface area contributed by atoms with Crippen molar-refractivity contribution in [2.45, 2.75) is 19.6 Å². The summed E-state index contributed by atoms with van der Waals surface area (Å²) in [5.74, 6) is 5.69. The maximum absolute atomic E-state index is 12.4. The number of aryl methyl sites for hydroxylation is 1. The Kier molecular flexibility index (Phi) is 4.47. The molecule has 1 heterocycles. The van der Waals surface area contributed by atoms with E-state index in [0.29, 0.717) is 5.56 Å². The van der Waals surface area contributed by atoms with Crippen LogP contribution in [0, 0.1) is 6.92 Å². The average molecular weight is 284 g/mol. The third-order valence-electron chi connectivity index (χ3n) is 2.70. The molecular weight excluding hydrogens is 270 g/mol. The molecule has 0 amide bonds. The average Bonchev–Trinajstić information content (AvgIpc) is 2.78. The van der Waals surface area contributed by atoms with Crippen LogP contribution in [-0.2, 0) is 0 Å². The van der Waals surface area contributed by atoms with Crippen molar-refractivity contribution in [2.24, 2.45) is 5.84 Å². The van der Waals surface area contributed by atoms with Crippen LogP contribution >= 0.6 is 11.3 Å². The van der Waals surface area contributed by atoms with Crippen LogP contribution in [0.5, 0.6) is 5.75 Å². The highest BCUT2D eigenvalue weighted by molar-refractivity contribution is 7.10. The van der Waals surface area contributed by atoms with Crippen molar-refractivity contribution in [3.63, 3.8) is 0 Å². The number of rotatable bonds is 5. The van der Waals surface area contributed by atoms with Crippen LogP contribution in [0.2, 0.25) is 0 Å². The second kappa shape index (κ2) is 6.10. The zero-order valence-electron chi connectivity index (χ0n) is 10.3. The van der Waals surface area contributed by atoms with Gasteiger partial charge in [-0.3, -0.25) is 5.84 Å². The van der Waals surface area contributed by atoms with Gasteiger partial charge in [0.05, 0.1) is 6.04 Å². The van der Waals surface area contributed by atoms with Gasteiger partial charge in [0.25, 0.3) is 0 Å². The van der Waals surface area contributed by atoms with Crippen LogP contribution in [0.3, 0.4) is 0 Å². The summed E-state index contributed by atoms with van der Waals surface area (Å²) in [4.78, 5) is 1.13. The molecule has 19 heavy (non-hydrogen) atoms.